The molecule has 0 amide bonds. The lowest BCUT2D eigenvalue weighted by Gasteiger charge is -2.08. The van der Waals surface area contributed by atoms with Crippen molar-refractivity contribution in [1.82, 2.24) is 9.38 Å². The van der Waals surface area contributed by atoms with Crippen molar-refractivity contribution >= 4 is 11.6 Å². The fourth-order valence-electron chi connectivity index (χ4n) is 2.98. The lowest BCUT2D eigenvalue weighted by molar-refractivity contribution is 0.0467. The number of fused-ring (bicyclic) bond motifs is 1. The van der Waals surface area contributed by atoms with E-state index >= 15 is 0 Å². The maximum Gasteiger partial charge on any atom is 0.338 e. The third kappa shape index (κ3) is 4.55. The first kappa shape index (κ1) is 19.4. The van der Waals surface area contributed by atoms with Crippen molar-refractivity contribution in [3.63, 3.8) is 0 Å². The van der Waals surface area contributed by atoms with E-state index in [-0.39, 0.29) is 12.2 Å². The van der Waals surface area contributed by atoms with Gasteiger partial charge >= 0.3 is 5.97 Å². The minimum atomic E-state index is -0.490. The van der Waals surface area contributed by atoms with E-state index in [0.717, 1.165) is 11.1 Å². The number of esters is 1. The highest BCUT2D eigenvalue weighted by Gasteiger charge is 2.10. The monoisotopic (exact) mass is 400 g/mol. The number of aromatic nitrogens is 2. The molecule has 4 rings (SSSR count). The summed E-state index contributed by atoms with van der Waals surface area (Å²) in [6.07, 6.45) is 1.72. The van der Waals surface area contributed by atoms with E-state index in [9.17, 15) is 9.59 Å². The highest BCUT2D eigenvalue weighted by atomic mass is 16.5. The molecule has 0 saturated heterocycles. The summed E-state index contributed by atoms with van der Waals surface area (Å²) in [5, 5.41) is 0. The van der Waals surface area contributed by atoms with E-state index in [1.165, 1.54) is 10.5 Å². The van der Waals surface area contributed by atoms with Gasteiger partial charge < -0.3 is 9.47 Å². The van der Waals surface area contributed by atoms with E-state index in [4.69, 9.17) is 9.47 Å². The van der Waals surface area contributed by atoms with Crippen LogP contribution in [0.4, 0.5) is 0 Å². The lowest BCUT2D eigenvalue weighted by Crippen LogP contribution is -2.16. The number of ether oxygens (including phenoxy) is 2. The van der Waals surface area contributed by atoms with Crippen molar-refractivity contribution in [3.8, 4) is 5.75 Å². The number of hydrogen-bond acceptors (Lipinski definition) is 5. The van der Waals surface area contributed by atoms with Crippen molar-refractivity contribution in [2.24, 2.45) is 0 Å². The Morgan fingerprint density at radius 2 is 1.73 bits per heavy atom. The predicted octanol–water partition coefficient (Wildman–Crippen LogP) is 3.94. The molecule has 150 valence electrons. The minimum absolute atomic E-state index is 0.0787. The highest BCUT2D eigenvalue weighted by Crippen LogP contribution is 2.15. The third-order valence-corrected chi connectivity index (χ3v) is 4.55. The molecule has 0 atom stereocenters. The Balaban J connectivity index is 1.37. The molecular weight excluding hydrogens is 380 g/mol. The summed E-state index contributed by atoms with van der Waals surface area (Å²) in [7, 11) is 0. The molecule has 0 aliphatic carbocycles. The number of nitrogens with zero attached hydrogens (tertiary/aromatic N) is 2. The largest absolute Gasteiger partial charge is 0.489 e. The van der Waals surface area contributed by atoms with Crippen LogP contribution in [-0.4, -0.2) is 15.4 Å². The van der Waals surface area contributed by atoms with Crippen molar-refractivity contribution in [2.75, 3.05) is 0 Å². The van der Waals surface area contributed by atoms with Gasteiger partial charge in [-0.2, -0.15) is 0 Å². The van der Waals surface area contributed by atoms with Gasteiger partial charge in [0.05, 0.1) is 11.3 Å². The van der Waals surface area contributed by atoms with E-state index < -0.39 is 5.97 Å². The zero-order valence-corrected chi connectivity index (χ0v) is 16.4. The number of rotatable bonds is 6. The van der Waals surface area contributed by atoms with Crippen LogP contribution < -0.4 is 10.3 Å². The molecule has 0 N–H and O–H groups in total. The number of aryl methyl sites for hydroxylation is 1. The first-order valence-corrected chi connectivity index (χ1v) is 9.51. The van der Waals surface area contributed by atoms with Gasteiger partial charge in [0.25, 0.3) is 5.56 Å². The van der Waals surface area contributed by atoms with Gasteiger partial charge in [0.2, 0.25) is 0 Å². The summed E-state index contributed by atoms with van der Waals surface area (Å²) in [4.78, 5) is 28.9. The van der Waals surface area contributed by atoms with Crippen molar-refractivity contribution < 1.29 is 14.3 Å². The molecule has 0 saturated carbocycles. The molecule has 6 heteroatoms. The van der Waals surface area contributed by atoms with E-state index in [1.54, 1.807) is 36.5 Å². The average molecular weight is 400 g/mol. The highest BCUT2D eigenvalue weighted by molar-refractivity contribution is 5.89. The molecule has 0 bridgehead atoms. The number of hydrogen-bond donors (Lipinski definition) is 0. The second kappa shape index (κ2) is 8.61. The molecule has 2 aromatic heterocycles. The number of benzene rings is 2. The van der Waals surface area contributed by atoms with Crippen LogP contribution in [0, 0.1) is 6.92 Å². The summed E-state index contributed by atoms with van der Waals surface area (Å²) < 4.78 is 12.5. The van der Waals surface area contributed by atoms with Crippen LogP contribution in [0.5, 0.6) is 5.75 Å². The van der Waals surface area contributed by atoms with Crippen LogP contribution in [-0.2, 0) is 18.0 Å². The van der Waals surface area contributed by atoms with E-state index in [2.05, 4.69) is 4.98 Å². The molecule has 0 spiro atoms. The van der Waals surface area contributed by atoms with Crippen LogP contribution in [0.3, 0.4) is 0 Å². The van der Waals surface area contributed by atoms with Gasteiger partial charge in [-0.15, -0.1) is 0 Å². The number of carbonyl (C=O) groups excluding carboxylic acids is 1. The zero-order chi connectivity index (χ0) is 20.9. The lowest BCUT2D eigenvalue weighted by atomic mass is 10.2. The van der Waals surface area contributed by atoms with E-state index in [0.29, 0.717) is 29.3 Å². The van der Waals surface area contributed by atoms with Gasteiger partial charge in [-0.3, -0.25) is 9.20 Å². The van der Waals surface area contributed by atoms with Crippen LogP contribution >= 0.6 is 0 Å². The molecule has 0 fully saturated rings. The summed E-state index contributed by atoms with van der Waals surface area (Å²) in [5.74, 6) is 0.172. The molecule has 6 nitrogen and oxygen atoms in total. The van der Waals surface area contributed by atoms with Gasteiger partial charge in [-0.1, -0.05) is 36.4 Å². The van der Waals surface area contributed by atoms with Crippen LogP contribution in [0.2, 0.25) is 0 Å². The first-order valence-electron chi connectivity index (χ1n) is 9.51. The first-order chi connectivity index (χ1) is 14.6. The molecular formula is C24H20N2O4. The normalized spacial score (nSPS) is 10.7. The van der Waals surface area contributed by atoms with Crippen LogP contribution in [0.1, 0.15) is 27.2 Å². The molecule has 0 radical (unpaired) electrons. The Morgan fingerprint density at radius 3 is 2.50 bits per heavy atom. The summed E-state index contributed by atoms with van der Waals surface area (Å²) in [6.45, 7) is 2.28. The summed E-state index contributed by atoms with van der Waals surface area (Å²) in [5.41, 5.74) is 3.13. The Labute approximate surface area is 173 Å². The van der Waals surface area contributed by atoms with Gasteiger partial charge in [-0.25, -0.2) is 9.78 Å². The molecule has 2 aromatic carbocycles. The number of carbonyl (C=O) groups is 1. The molecule has 0 aliphatic rings. The summed E-state index contributed by atoms with van der Waals surface area (Å²) >= 11 is 0. The van der Waals surface area contributed by atoms with Gasteiger partial charge in [0.15, 0.2) is 0 Å². The zero-order valence-electron chi connectivity index (χ0n) is 16.4. The SMILES string of the molecule is Cc1ccc2nc(COC(=O)c3ccc(OCc4ccccc4)cc3)cc(=O)n2c1. The second-order valence-electron chi connectivity index (χ2n) is 6.90. The van der Waals surface area contributed by atoms with Gasteiger partial charge in [-0.05, 0) is 48.4 Å². The van der Waals surface area contributed by atoms with Crippen LogP contribution in [0.25, 0.3) is 5.65 Å². The Hall–Kier alpha value is -3.93. The predicted molar refractivity (Wildman–Crippen MR) is 113 cm³/mol. The third-order valence-electron chi connectivity index (χ3n) is 4.55. The molecule has 2 heterocycles. The fraction of sp³-hybridized carbons (Fsp3) is 0.125. The van der Waals surface area contributed by atoms with Gasteiger partial charge in [0, 0.05) is 12.3 Å². The van der Waals surface area contributed by atoms with Crippen molar-refractivity contribution in [1.29, 1.82) is 0 Å². The molecule has 30 heavy (non-hydrogen) atoms. The summed E-state index contributed by atoms with van der Waals surface area (Å²) in [6, 6.07) is 21.6. The second-order valence-corrected chi connectivity index (χ2v) is 6.90. The van der Waals surface area contributed by atoms with Crippen molar-refractivity contribution in [3.05, 3.63) is 112 Å². The van der Waals surface area contributed by atoms with E-state index in [1.807, 2.05) is 43.3 Å². The van der Waals surface area contributed by atoms with Crippen molar-refractivity contribution in [2.45, 2.75) is 20.1 Å². The Morgan fingerprint density at radius 1 is 0.967 bits per heavy atom. The number of pyridine rings is 1. The molecule has 0 aliphatic heterocycles. The smallest absolute Gasteiger partial charge is 0.338 e. The van der Waals surface area contributed by atoms with Crippen LogP contribution in [0.15, 0.2) is 83.8 Å². The topological polar surface area (TPSA) is 69.9 Å². The standard InChI is InChI=1S/C24H20N2O4/c1-17-7-12-22-25-20(13-23(27)26(22)14-17)16-30-24(28)19-8-10-21(11-9-19)29-15-18-5-3-2-4-6-18/h2-14H,15-16H2,1H3. The fourth-order valence-corrected chi connectivity index (χ4v) is 2.98. The maximum absolute atomic E-state index is 12.3. The average Bonchev–Trinajstić information content (AvgIpc) is 2.77. The molecule has 0 unspecified atom stereocenters. The van der Waals surface area contributed by atoms with Gasteiger partial charge in [0.1, 0.15) is 24.6 Å². The Bertz CT molecular complexity index is 1230. The minimum Gasteiger partial charge on any atom is -0.489 e. The maximum atomic E-state index is 12.3. The Kier molecular flexibility index (Phi) is 5.57. The molecule has 4 aromatic rings. The quantitative estimate of drug-likeness (QED) is 0.459.